The van der Waals surface area contributed by atoms with Crippen molar-refractivity contribution < 1.29 is 13.5 Å². The van der Waals surface area contributed by atoms with Gasteiger partial charge in [-0.15, -0.1) is 0 Å². The van der Waals surface area contributed by atoms with Gasteiger partial charge in [0.15, 0.2) is 0 Å². The highest BCUT2D eigenvalue weighted by Gasteiger charge is 2.06. The Bertz CT molecular complexity index is 667. The van der Waals surface area contributed by atoms with E-state index in [4.69, 9.17) is 10.00 Å². The molecule has 5 heteroatoms. The molecule has 0 amide bonds. The largest absolute Gasteiger partial charge is 0.489 e. The number of rotatable bonds is 4. The van der Waals surface area contributed by atoms with Gasteiger partial charge in [-0.05, 0) is 42.0 Å². The second-order valence-electron chi connectivity index (χ2n) is 4.13. The molecule has 2 aromatic carbocycles. The Kier molecular flexibility index (Phi) is 4.70. The van der Waals surface area contributed by atoms with Crippen molar-refractivity contribution in [3.63, 3.8) is 0 Å². The molecule has 0 heterocycles. The highest BCUT2D eigenvalue weighted by Crippen LogP contribution is 2.23. The van der Waals surface area contributed by atoms with Gasteiger partial charge >= 0.3 is 0 Å². The van der Waals surface area contributed by atoms with Crippen LogP contribution >= 0.6 is 15.9 Å². The van der Waals surface area contributed by atoms with Crippen LogP contribution in [-0.4, -0.2) is 0 Å². The van der Waals surface area contributed by atoms with Gasteiger partial charge in [0.25, 0.3) is 0 Å². The molecule has 20 heavy (non-hydrogen) atoms. The molecule has 0 saturated heterocycles. The number of benzene rings is 2. The fraction of sp³-hybridized carbons (Fsp3) is 0.133. The lowest BCUT2D eigenvalue weighted by molar-refractivity contribution is 0.302. The topological polar surface area (TPSA) is 33.0 Å². The molecule has 0 bridgehead atoms. The van der Waals surface area contributed by atoms with E-state index in [1.807, 2.05) is 6.07 Å². The SMILES string of the molecule is N#Cc1cc(F)cc(COc2ccc(F)cc2CBr)c1. The van der Waals surface area contributed by atoms with Crippen LogP contribution in [0.25, 0.3) is 0 Å². The minimum atomic E-state index is -0.484. The quantitative estimate of drug-likeness (QED) is 0.779. The van der Waals surface area contributed by atoms with E-state index in [1.165, 1.54) is 24.3 Å². The third kappa shape index (κ3) is 3.55. The van der Waals surface area contributed by atoms with E-state index in [9.17, 15) is 8.78 Å². The molecular weight excluding hydrogens is 328 g/mol. The fourth-order valence-electron chi connectivity index (χ4n) is 1.75. The molecule has 0 radical (unpaired) electrons. The molecule has 2 nitrogen and oxygen atoms in total. The Morgan fingerprint density at radius 3 is 2.60 bits per heavy atom. The Labute approximate surface area is 123 Å². The molecule has 0 saturated carbocycles. The maximum Gasteiger partial charge on any atom is 0.124 e. The summed E-state index contributed by atoms with van der Waals surface area (Å²) in [5.41, 5.74) is 1.46. The molecule has 0 aliphatic carbocycles. The zero-order valence-electron chi connectivity index (χ0n) is 10.4. The number of hydrogen-bond acceptors (Lipinski definition) is 2. The summed E-state index contributed by atoms with van der Waals surface area (Å²) in [5.74, 6) is -0.308. The van der Waals surface area contributed by atoms with Crippen molar-refractivity contribution in [3.8, 4) is 11.8 Å². The second kappa shape index (κ2) is 6.49. The van der Waals surface area contributed by atoms with Crippen molar-refractivity contribution in [1.29, 1.82) is 5.26 Å². The van der Waals surface area contributed by atoms with Gasteiger partial charge in [-0.3, -0.25) is 0 Å². The predicted molar refractivity (Wildman–Crippen MR) is 74.5 cm³/mol. The third-order valence-electron chi connectivity index (χ3n) is 2.65. The van der Waals surface area contributed by atoms with Crippen molar-refractivity contribution >= 4 is 15.9 Å². The minimum Gasteiger partial charge on any atom is -0.489 e. The first kappa shape index (κ1) is 14.5. The van der Waals surface area contributed by atoms with Crippen LogP contribution in [0, 0.1) is 23.0 Å². The van der Waals surface area contributed by atoms with Gasteiger partial charge in [0.05, 0.1) is 11.6 Å². The van der Waals surface area contributed by atoms with Crippen molar-refractivity contribution in [2.24, 2.45) is 0 Å². The average molecular weight is 338 g/mol. The van der Waals surface area contributed by atoms with Crippen LogP contribution in [0.4, 0.5) is 8.78 Å². The van der Waals surface area contributed by atoms with E-state index < -0.39 is 5.82 Å². The predicted octanol–water partition coefficient (Wildman–Crippen LogP) is 4.31. The molecule has 0 aliphatic heterocycles. The maximum atomic E-state index is 13.3. The molecule has 0 aliphatic rings. The van der Waals surface area contributed by atoms with Gasteiger partial charge in [0.1, 0.15) is 24.0 Å². The van der Waals surface area contributed by atoms with Crippen molar-refractivity contribution in [3.05, 3.63) is 64.7 Å². The van der Waals surface area contributed by atoms with E-state index in [-0.39, 0.29) is 18.0 Å². The number of nitriles is 1. The number of alkyl halides is 1. The first-order chi connectivity index (χ1) is 9.62. The Morgan fingerprint density at radius 1 is 1.10 bits per heavy atom. The van der Waals surface area contributed by atoms with E-state index in [0.29, 0.717) is 22.2 Å². The summed E-state index contributed by atoms with van der Waals surface area (Å²) in [6, 6.07) is 10.1. The Balaban J connectivity index is 2.17. The van der Waals surface area contributed by atoms with Crippen LogP contribution in [0.5, 0.6) is 5.75 Å². The van der Waals surface area contributed by atoms with Crippen molar-refractivity contribution in [2.45, 2.75) is 11.9 Å². The van der Waals surface area contributed by atoms with Crippen LogP contribution in [-0.2, 0) is 11.9 Å². The maximum absolute atomic E-state index is 13.3. The summed E-state index contributed by atoms with van der Waals surface area (Å²) in [7, 11) is 0. The summed E-state index contributed by atoms with van der Waals surface area (Å²) < 4.78 is 31.9. The van der Waals surface area contributed by atoms with Crippen LogP contribution in [0.1, 0.15) is 16.7 Å². The molecular formula is C15H10BrF2NO. The van der Waals surface area contributed by atoms with Gasteiger partial charge in [0.2, 0.25) is 0 Å². The van der Waals surface area contributed by atoms with E-state index in [2.05, 4.69) is 15.9 Å². The lowest BCUT2D eigenvalue weighted by atomic mass is 10.1. The molecule has 0 spiro atoms. The molecule has 0 N–H and O–H groups in total. The first-order valence-electron chi connectivity index (χ1n) is 5.79. The number of nitrogens with zero attached hydrogens (tertiary/aromatic N) is 1. The fourth-order valence-corrected chi connectivity index (χ4v) is 2.19. The average Bonchev–Trinajstić information content (AvgIpc) is 2.45. The van der Waals surface area contributed by atoms with Gasteiger partial charge in [-0.2, -0.15) is 5.26 Å². The first-order valence-corrected chi connectivity index (χ1v) is 6.91. The Hall–Kier alpha value is -1.93. The van der Waals surface area contributed by atoms with Gasteiger partial charge in [0, 0.05) is 10.9 Å². The lowest BCUT2D eigenvalue weighted by Gasteiger charge is -2.10. The summed E-state index contributed by atoms with van der Waals surface area (Å²) in [5, 5.41) is 9.23. The number of ether oxygens (including phenoxy) is 1. The summed E-state index contributed by atoms with van der Waals surface area (Å²) in [6.07, 6.45) is 0. The second-order valence-corrected chi connectivity index (χ2v) is 4.70. The van der Waals surface area contributed by atoms with Crippen LogP contribution in [0.2, 0.25) is 0 Å². The number of halogens is 3. The van der Waals surface area contributed by atoms with Crippen LogP contribution in [0.3, 0.4) is 0 Å². The Morgan fingerprint density at radius 2 is 1.90 bits per heavy atom. The van der Waals surface area contributed by atoms with E-state index in [0.717, 1.165) is 6.07 Å². The highest BCUT2D eigenvalue weighted by molar-refractivity contribution is 9.08. The zero-order chi connectivity index (χ0) is 14.5. The monoisotopic (exact) mass is 337 g/mol. The minimum absolute atomic E-state index is 0.109. The van der Waals surface area contributed by atoms with Crippen LogP contribution < -0.4 is 4.74 Å². The molecule has 2 rings (SSSR count). The number of hydrogen-bond donors (Lipinski definition) is 0. The molecule has 0 unspecified atom stereocenters. The third-order valence-corrected chi connectivity index (χ3v) is 3.25. The van der Waals surface area contributed by atoms with Gasteiger partial charge in [-0.25, -0.2) is 8.78 Å². The summed E-state index contributed by atoms with van der Waals surface area (Å²) in [6.45, 7) is 0.109. The van der Waals surface area contributed by atoms with Crippen LogP contribution in [0.15, 0.2) is 36.4 Å². The molecule has 2 aromatic rings. The normalized spacial score (nSPS) is 10.1. The molecule has 0 fully saturated rings. The summed E-state index contributed by atoms with van der Waals surface area (Å²) >= 11 is 3.25. The van der Waals surface area contributed by atoms with Crippen molar-refractivity contribution in [2.75, 3.05) is 0 Å². The lowest BCUT2D eigenvalue weighted by Crippen LogP contribution is -1.99. The molecule has 0 atom stereocenters. The standard InChI is InChI=1S/C15H10BrF2NO/c16-7-12-6-13(17)1-2-15(12)20-9-11-3-10(8-19)4-14(18)5-11/h1-6H,7,9H2. The highest BCUT2D eigenvalue weighted by atomic mass is 79.9. The van der Waals surface area contributed by atoms with Crippen molar-refractivity contribution in [1.82, 2.24) is 0 Å². The molecule has 102 valence electrons. The van der Waals surface area contributed by atoms with E-state index in [1.54, 1.807) is 6.07 Å². The zero-order valence-corrected chi connectivity index (χ0v) is 12.0. The van der Waals surface area contributed by atoms with E-state index >= 15 is 0 Å². The smallest absolute Gasteiger partial charge is 0.124 e. The summed E-state index contributed by atoms with van der Waals surface area (Å²) in [4.78, 5) is 0. The van der Waals surface area contributed by atoms with Gasteiger partial charge in [-0.1, -0.05) is 15.9 Å². The molecule has 0 aromatic heterocycles. The van der Waals surface area contributed by atoms with Gasteiger partial charge < -0.3 is 4.74 Å².